The van der Waals surface area contributed by atoms with E-state index in [1.807, 2.05) is 26.0 Å². The Morgan fingerprint density at radius 3 is 2.22 bits per heavy atom. The van der Waals surface area contributed by atoms with Gasteiger partial charge in [-0.05, 0) is 61.7 Å². The summed E-state index contributed by atoms with van der Waals surface area (Å²) in [5, 5.41) is 3.05. The number of piperazine rings is 1. The first kappa shape index (κ1) is 24.0. The molecule has 1 heterocycles. The molecule has 1 amide bonds. The Morgan fingerprint density at radius 2 is 1.62 bits per heavy atom. The predicted molar refractivity (Wildman–Crippen MR) is 124 cm³/mol. The molecule has 0 spiro atoms. The van der Waals surface area contributed by atoms with Crippen molar-refractivity contribution in [3.8, 4) is 11.5 Å². The molecule has 1 aliphatic rings. The predicted octanol–water partition coefficient (Wildman–Crippen LogP) is 3.53. The number of carbonyl (C=O) groups excluding carboxylic acids is 1. The summed E-state index contributed by atoms with van der Waals surface area (Å²) in [5.74, 6) is 1.20. The van der Waals surface area contributed by atoms with Gasteiger partial charge in [0.1, 0.15) is 5.82 Å². The zero-order valence-electron chi connectivity index (χ0n) is 19.7. The Morgan fingerprint density at radius 1 is 1.03 bits per heavy atom. The highest BCUT2D eigenvalue weighted by Crippen LogP contribution is 2.31. The normalized spacial score (nSPS) is 16.9. The van der Waals surface area contributed by atoms with Crippen molar-refractivity contribution in [3.63, 3.8) is 0 Å². The molecule has 2 aromatic rings. The number of nitrogens with zero attached hydrogens (tertiary/aromatic N) is 2. The number of halogens is 1. The van der Waals surface area contributed by atoms with Gasteiger partial charge in [0.05, 0.1) is 26.3 Å². The van der Waals surface area contributed by atoms with Crippen LogP contribution in [0.5, 0.6) is 11.5 Å². The van der Waals surface area contributed by atoms with Crippen LogP contribution < -0.4 is 14.8 Å². The van der Waals surface area contributed by atoms with Gasteiger partial charge in [0.15, 0.2) is 11.5 Å². The van der Waals surface area contributed by atoms with E-state index in [4.69, 9.17) is 9.47 Å². The van der Waals surface area contributed by atoms with Crippen LogP contribution in [0.4, 0.5) is 4.39 Å². The van der Waals surface area contributed by atoms with Gasteiger partial charge in [-0.1, -0.05) is 12.1 Å². The van der Waals surface area contributed by atoms with E-state index in [0.717, 1.165) is 49.8 Å². The van der Waals surface area contributed by atoms with Gasteiger partial charge in [-0.2, -0.15) is 0 Å². The first-order chi connectivity index (χ1) is 15.3. The van der Waals surface area contributed by atoms with Crippen LogP contribution in [0.3, 0.4) is 0 Å². The van der Waals surface area contributed by atoms with Gasteiger partial charge < -0.3 is 14.8 Å². The lowest BCUT2D eigenvalue weighted by atomic mass is 10.1. The largest absolute Gasteiger partial charge is 0.493 e. The second-order valence-corrected chi connectivity index (χ2v) is 8.40. The summed E-state index contributed by atoms with van der Waals surface area (Å²) in [6.45, 7) is 10.2. The number of aryl methyl sites for hydroxylation is 1. The van der Waals surface area contributed by atoms with E-state index in [-0.39, 0.29) is 23.8 Å². The summed E-state index contributed by atoms with van der Waals surface area (Å²) in [7, 11) is 3.30. The maximum Gasteiger partial charge on any atom is 0.237 e. The summed E-state index contributed by atoms with van der Waals surface area (Å²) in [6.07, 6.45) is 0. The Labute approximate surface area is 190 Å². The molecule has 1 fully saturated rings. The van der Waals surface area contributed by atoms with Crippen molar-refractivity contribution in [2.24, 2.45) is 0 Å². The number of ether oxygens (including phenoxy) is 2. The Bertz CT molecular complexity index is 911. The van der Waals surface area contributed by atoms with E-state index < -0.39 is 0 Å². The highest BCUT2D eigenvalue weighted by atomic mass is 19.1. The van der Waals surface area contributed by atoms with Crippen LogP contribution in [0.2, 0.25) is 0 Å². The molecule has 2 aromatic carbocycles. The molecular weight excluding hydrogens is 409 g/mol. The van der Waals surface area contributed by atoms with E-state index in [2.05, 4.69) is 22.0 Å². The minimum absolute atomic E-state index is 0.00832. The van der Waals surface area contributed by atoms with Gasteiger partial charge in [-0.15, -0.1) is 0 Å². The molecule has 2 atom stereocenters. The van der Waals surface area contributed by atoms with Crippen molar-refractivity contribution in [2.75, 3.05) is 40.4 Å². The maximum absolute atomic E-state index is 13.1. The Hall–Kier alpha value is -2.64. The van der Waals surface area contributed by atoms with Crippen LogP contribution in [0.25, 0.3) is 0 Å². The van der Waals surface area contributed by atoms with Gasteiger partial charge in [0, 0.05) is 32.7 Å². The number of rotatable bonds is 8. The minimum atomic E-state index is -0.276. The summed E-state index contributed by atoms with van der Waals surface area (Å²) in [4.78, 5) is 17.4. The molecule has 0 aliphatic carbocycles. The van der Waals surface area contributed by atoms with Crippen molar-refractivity contribution >= 4 is 5.91 Å². The van der Waals surface area contributed by atoms with Crippen LogP contribution in [-0.4, -0.2) is 62.1 Å². The summed E-state index contributed by atoms with van der Waals surface area (Å²) in [6, 6.07) is 9.93. The lowest BCUT2D eigenvalue weighted by Gasteiger charge is -2.38. The highest BCUT2D eigenvalue weighted by molar-refractivity contribution is 5.81. The zero-order valence-corrected chi connectivity index (χ0v) is 19.7. The molecule has 0 saturated carbocycles. The van der Waals surface area contributed by atoms with E-state index >= 15 is 0 Å². The lowest BCUT2D eigenvalue weighted by Crippen LogP contribution is -2.53. The van der Waals surface area contributed by atoms with E-state index in [1.54, 1.807) is 26.4 Å². The van der Waals surface area contributed by atoms with Gasteiger partial charge in [0.25, 0.3) is 0 Å². The first-order valence-electron chi connectivity index (χ1n) is 11.1. The average Bonchev–Trinajstić information content (AvgIpc) is 2.80. The van der Waals surface area contributed by atoms with Crippen LogP contribution in [0.1, 0.15) is 36.6 Å². The zero-order chi connectivity index (χ0) is 23.3. The molecule has 6 nitrogen and oxygen atoms in total. The molecule has 3 rings (SSSR count). The minimum Gasteiger partial charge on any atom is -0.493 e. The number of nitrogens with one attached hydrogen (secondary N) is 1. The molecule has 1 aliphatic heterocycles. The second-order valence-electron chi connectivity index (χ2n) is 8.40. The molecule has 0 bridgehead atoms. The second kappa shape index (κ2) is 10.8. The quantitative estimate of drug-likeness (QED) is 0.677. The van der Waals surface area contributed by atoms with E-state index in [0.29, 0.717) is 0 Å². The number of methoxy groups -OCH3 is 2. The third-order valence-corrected chi connectivity index (χ3v) is 6.30. The number of hydrogen-bond donors (Lipinski definition) is 1. The van der Waals surface area contributed by atoms with Crippen LogP contribution in [0, 0.1) is 12.7 Å². The summed E-state index contributed by atoms with van der Waals surface area (Å²) >= 11 is 0. The fraction of sp³-hybridized carbons (Fsp3) is 0.480. The van der Waals surface area contributed by atoms with Crippen molar-refractivity contribution in [3.05, 3.63) is 58.9 Å². The summed E-state index contributed by atoms with van der Waals surface area (Å²) in [5.41, 5.74) is 3.28. The van der Waals surface area contributed by atoms with Crippen molar-refractivity contribution in [1.82, 2.24) is 15.1 Å². The smallest absolute Gasteiger partial charge is 0.237 e. The first-order valence-corrected chi connectivity index (χ1v) is 11.1. The Kier molecular flexibility index (Phi) is 8.10. The molecule has 0 aromatic heterocycles. The molecule has 174 valence electrons. The maximum atomic E-state index is 13.1. The van der Waals surface area contributed by atoms with Crippen LogP contribution >= 0.6 is 0 Å². The van der Waals surface area contributed by atoms with Gasteiger partial charge in [-0.3, -0.25) is 14.6 Å². The van der Waals surface area contributed by atoms with Gasteiger partial charge >= 0.3 is 0 Å². The highest BCUT2D eigenvalue weighted by Gasteiger charge is 2.27. The van der Waals surface area contributed by atoms with E-state index in [1.165, 1.54) is 23.3 Å². The van der Waals surface area contributed by atoms with Crippen molar-refractivity contribution < 1.29 is 18.7 Å². The Balaban J connectivity index is 1.52. The molecule has 0 radical (unpaired) electrons. The third kappa shape index (κ3) is 5.78. The molecule has 0 unspecified atom stereocenters. The molecule has 1 N–H and O–H groups in total. The molecule has 32 heavy (non-hydrogen) atoms. The van der Waals surface area contributed by atoms with Crippen LogP contribution in [0.15, 0.2) is 36.4 Å². The van der Waals surface area contributed by atoms with Crippen LogP contribution in [-0.2, 0) is 11.3 Å². The van der Waals surface area contributed by atoms with E-state index in [9.17, 15) is 9.18 Å². The number of amides is 1. The summed E-state index contributed by atoms with van der Waals surface area (Å²) < 4.78 is 24.0. The average molecular weight is 444 g/mol. The molecular formula is C25H34FN3O3. The third-order valence-electron chi connectivity index (χ3n) is 6.30. The lowest BCUT2D eigenvalue weighted by molar-refractivity contribution is -0.127. The van der Waals surface area contributed by atoms with Crippen molar-refractivity contribution in [2.45, 2.75) is 39.4 Å². The number of carbonyl (C=O) groups is 1. The standard InChI is InChI=1S/C25H34FN3O3/c1-17-14-23(31-4)24(32-5)15-21(17)16-28-10-12-29(13-11-28)19(3)25(30)27-18(2)20-6-8-22(26)9-7-20/h6-9,14-15,18-19H,10-13,16H2,1-5H3,(H,27,30)/t18-,19-/m1/s1. The number of hydrogen-bond acceptors (Lipinski definition) is 5. The topological polar surface area (TPSA) is 54.0 Å². The van der Waals surface area contributed by atoms with Gasteiger partial charge in [0.2, 0.25) is 5.91 Å². The van der Waals surface area contributed by atoms with Crippen molar-refractivity contribution in [1.29, 1.82) is 0 Å². The molecule has 1 saturated heterocycles. The molecule has 7 heteroatoms. The SMILES string of the molecule is COc1cc(C)c(CN2CCN([C@H](C)C(=O)N[C@H](C)c3ccc(F)cc3)CC2)cc1OC. The fourth-order valence-corrected chi connectivity index (χ4v) is 4.08. The monoisotopic (exact) mass is 443 g/mol. The van der Waals surface area contributed by atoms with Gasteiger partial charge in [-0.25, -0.2) is 4.39 Å². The fourth-order valence-electron chi connectivity index (χ4n) is 4.08. The number of benzene rings is 2.